The molecule has 4 N–H and O–H groups in total. The van der Waals surface area contributed by atoms with E-state index in [2.05, 4.69) is 84.2 Å². The summed E-state index contributed by atoms with van der Waals surface area (Å²) < 4.78 is 0. The number of hydrogen-bond donors (Lipinski definition) is 2. The van der Waals surface area contributed by atoms with Crippen LogP contribution in [0.2, 0.25) is 0 Å². The lowest BCUT2D eigenvalue weighted by molar-refractivity contribution is 0.552. The lowest BCUT2D eigenvalue weighted by Gasteiger charge is -2.43. The molecule has 0 bridgehead atoms. The fraction of sp³-hybridized carbons (Fsp3) is 0.208. The van der Waals surface area contributed by atoms with E-state index >= 15 is 0 Å². The van der Waals surface area contributed by atoms with Crippen LogP contribution >= 0.6 is 0 Å². The summed E-state index contributed by atoms with van der Waals surface area (Å²) in [7, 11) is 0. The van der Waals surface area contributed by atoms with Crippen molar-refractivity contribution in [3.8, 4) is 17.3 Å². The second-order valence-corrected chi connectivity index (χ2v) is 8.09. The normalized spacial score (nSPS) is 14.6. The molecule has 2 aromatic carbocycles. The van der Waals surface area contributed by atoms with Crippen molar-refractivity contribution in [2.45, 2.75) is 32.9 Å². The Labute approximate surface area is 176 Å². The average molecular weight is 396 g/mol. The van der Waals surface area contributed by atoms with Crippen molar-refractivity contribution in [1.82, 2.24) is 9.97 Å². The number of nitrogens with two attached hydrogens (primary N) is 2. The summed E-state index contributed by atoms with van der Waals surface area (Å²) in [6.07, 6.45) is 2.27. The van der Waals surface area contributed by atoms with Gasteiger partial charge in [0.15, 0.2) is 0 Å². The number of nitriles is 1. The van der Waals surface area contributed by atoms with Crippen LogP contribution in [0, 0.1) is 11.3 Å². The van der Waals surface area contributed by atoms with Gasteiger partial charge in [-0.3, -0.25) is 0 Å². The first-order valence-electron chi connectivity index (χ1n) is 9.79. The highest BCUT2D eigenvalue weighted by molar-refractivity contribution is 5.85. The van der Waals surface area contributed by atoms with Crippen molar-refractivity contribution in [1.29, 1.82) is 5.26 Å². The van der Waals surface area contributed by atoms with E-state index in [-0.39, 0.29) is 22.9 Å². The van der Waals surface area contributed by atoms with Gasteiger partial charge in [0.05, 0.1) is 11.2 Å². The van der Waals surface area contributed by atoms with Gasteiger partial charge in [0, 0.05) is 23.4 Å². The predicted octanol–water partition coefficient (Wildman–Crippen LogP) is 4.38. The van der Waals surface area contributed by atoms with E-state index in [4.69, 9.17) is 11.5 Å². The molecule has 30 heavy (non-hydrogen) atoms. The predicted molar refractivity (Wildman–Crippen MR) is 121 cm³/mol. The van der Waals surface area contributed by atoms with E-state index in [1.54, 1.807) is 0 Å². The van der Waals surface area contributed by atoms with Crippen LogP contribution in [0.25, 0.3) is 16.8 Å². The van der Waals surface area contributed by atoms with Gasteiger partial charge in [0.1, 0.15) is 17.5 Å². The number of hydrogen-bond acceptors (Lipinski definition) is 6. The largest absolute Gasteiger partial charge is 0.382 e. The molecule has 1 aliphatic rings. The van der Waals surface area contributed by atoms with E-state index in [1.165, 1.54) is 11.1 Å². The van der Waals surface area contributed by atoms with Gasteiger partial charge in [0.2, 0.25) is 5.95 Å². The molecule has 0 amide bonds. The van der Waals surface area contributed by atoms with Crippen LogP contribution in [-0.4, -0.2) is 15.5 Å². The van der Waals surface area contributed by atoms with Crippen molar-refractivity contribution in [2.75, 3.05) is 16.4 Å². The molecule has 0 atom stereocenters. The number of rotatable bonds is 3. The van der Waals surface area contributed by atoms with Crippen molar-refractivity contribution in [3.05, 3.63) is 71.3 Å². The third-order valence-corrected chi connectivity index (χ3v) is 5.50. The summed E-state index contributed by atoms with van der Waals surface area (Å²) in [6.45, 7) is 7.34. The Bertz CT molecular complexity index is 1190. The Balaban J connectivity index is 1.84. The van der Waals surface area contributed by atoms with Crippen LogP contribution in [0.4, 0.5) is 17.5 Å². The Kier molecular flexibility index (Phi) is 4.67. The summed E-state index contributed by atoms with van der Waals surface area (Å²) >= 11 is 0. The third-order valence-electron chi connectivity index (χ3n) is 5.50. The van der Waals surface area contributed by atoms with Gasteiger partial charge in [-0.1, -0.05) is 42.5 Å². The van der Waals surface area contributed by atoms with Crippen LogP contribution in [0.15, 0.2) is 54.6 Å². The van der Waals surface area contributed by atoms with Gasteiger partial charge in [-0.2, -0.15) is 10.2 Å². The van der Waals surface area contributed by atoms with Gasteiger partial charge in [-0.25, -0.2) is 4.98 Å². The topological polar surface area (TPSA) is 105 Å². The fourth-order valence-corrected chi connectivity index (χ4v) is 4.10. The molecule has 150 valence electrons. The molecule has 0 unspecified atom stereocenters. The molecule has 3 aromatic rings. The summed E-state index contributed by atoms with van der Waals surface area (Å²) in [5.41, 5.74) is 17.7. The van der Waals surface area contributed by atoms with Crippen molar-refractivity contribution < 1.29 is 0 Å². The second-order valence-electron chi connectivity index (χ2n) is 8.09. The lowest BCUT2D eigenvalue weighted by atomic mass is 9.87. The minimum atomic E-state index is -0.143. The summed E-state index contributed by atoms with van der Waals surface area (Å²) in [6, 6.07) is 18.6. The maximum Gasteiger partial charge on any atom is 0.222 e. The molecular weight excluding hydrogens is 372 g/mol. The molecule has 0 aliphatic carbocycles. The second kappa shape index (κ2) is 7.20. The Morgan fingerprint density at radius 1 is 1.07 bits per heavy atom. The van der Waals surface area contributed by atoms with Crippen LogP contribution in [0.5, 0.6) is 0 Å². The van der Waals surface area contributed by atoms with Crippen molar-refractivity contribution in [2.24, 2.45) is 0 Å². The fourth-order valence-electron chi connectivity index (χ4n) is 4.10. The van der Waals surface area contributed by atoms with Gasteiger partial charge in [-0.15, -0.1) is 0 Å². The standard InChI is InChI=1S/C24H24N6/c1-15-12-24(2,3)30(14-16-7-5-4-6-8-16)20-10-9-17(11-18(15)20)21-19(13-25)22(26)29-23(27)28-21/h4-12H,14H2,1-3H3,(H4,26,27,28,29). The van der Waals surface area contributed by atoms with Crippen molar-refractivity contribution in [3.63, 3.8) is 0 Å². The highest BCUT2D eigenvalue weighted by Crippen LogP contribution is 2.42. The molecule has 0 saturated carbocycles. The number of nitrogen functional groups attached to an aromatic ring is 2. The highest BCUT2D eigenvalue weighted by Gasteiger charge is 2.31. The molecular formula is C24H24N6. The molecule has 1 aliphatic heterocycles. The van der Waals surface area contributed by atoms with Gasteiger partial charge in [0.25, 0.3) is 0 Å². The molecule has 0 spiro atoms. The summed E-state index contributed by atoms with van der Waals surface area (Å²) in [5.74, 6) is 0.148. The quantitative estimate of drug-likeness (QED) is 0.681. The minimum Gasteiger partial charge on any atom is -0.382 e. The van der Waals surface area contributed by atoms with E-state index in [0.29, 0.717) is 5.69 Å². The summed E-state index contributed by atoms with van der Waals surface area (Å²) in [4.78, 5) is 10.6. The molecule has 4 rings (SSSR count). The number of aromatic nitrogens is 2. The Hall–Kier alpha value is -3.85. The number of allylic oxidation sites excluding steroid dienone is 1. The first kappa shape index (κ1) is 19.5. The number of nitrogens with zero attached hydrogens (tertiary/aromatic N) is 4. The van der Waals surface area contributed by atoms with Gasteiger partial charge >= 0.3 is 0 Å². The first-order chi connectivity index (χ1) is 14.3. The van der Waals surface area contributed by atoms with Gasteiger partial charge in [-0.05, 0) is 44.0 Å². The van der Waals surface area contributed by atoms with Crippen LogP contribution in [0.1, 0.15) is 37.5 Å². The number of anilines is 3. The van der Waals surface area contributed by atoms with E-state index in [0.717, 1.165) is 23.4 Å². The van der Waals surface area contributed by atoms with E-state index in [1.807, 2.05) is 12.1 Å². The third kappa shape index (κ3) is 3.35. The zero-order valence-corrected chi connectivity index (χ0v) is 17.3. The zero-order valence-electron chi connectivity index (χ0n) is 17.3. The monoisotopic (exact) mass is 396 g/mol. The maximum absolute atomic E-state index is 9.55. The molecule has 1 aromatic heterocycles. The zero-order chi connectivity index (χ0) is 21.5. The summed E-state index contributed by atoms with van der Waals surface area (Å²) in [5, 5.41) is 9.55. The smallest absolute Gasteiger partial charge is 0.222 e. The number of benzene rings is 2. The molecule has 6 nitrogen and oxygen atoms in total. The average Bonchev–Trinajstić information content (AvgIpc) is 2.71. The van der Waals surface area contributed by atoms with Crippen molar-refractivity contribution >= 4 is 23.0 Å². The van der Waals surface area contributed by atoms with Gasteiger partial charge < -0.3 is 16.4 Å². The molecule has 0 radical (unpaired) electrons. The van der Waals surface area contributed by atoms with E-state index < -0.39 is 0 Å². The van der Waals surface area contributed by atoms with Crippen LogP contribution in [-0.2, 0) is 6.54 Å². The van der Waals surface area contributed by atoms with E-state index in [9.17, 15) is 5.26 Å². The molecule has 0 fully saturated rings. The first-order valence-corrected chi connectivity index (χ1v) is 9.79. The Morgan fingerprint density at radius 2 is 1.80 bits per heavy atom. The Morgan fingerprint density at radius 3 is 2.50 bits per heavy atom. The lowest BCUT2D eigenvalue weighted by Crippen LogP contribution is -2.44. The molecule has 2 heterocycles. The maximum atomic E-state index is 9.55. The SMILES string of the molecule is CC1=CC(C)(C)N(Cc2ccccc2)c2ccc(-c3nc(N)nc(N)c3C#N)cc21. The highest BCUT2D eigenvalue weighted by atomic mass is 15.2. The van der Waals surface area contributed by atoms with Crippen LogP contribution in [0.3, 0.4) is 0 Å². The molecule has 6 heteroatoms. The minimum absolute atomic E-state index is 0.0540. The van der Waals surface area contributed by atoms with Crippen LogP contribution < -0.4 is 16.4 Å². The number of fused-ring (bicyclic) bond motifs is 1. The molecule has 0 saturated heterocycles.